The summed E-state index contributed by atoms with van der Waals surface area (Å²) in [6.45, 7) is 2.34. The van der Waals surface area contributed by atoms with Gasteiger partial charge in [-0.2, -0.15) is 0 Å². The molecule has 0 aromatic heterocycles. The highest BCUT2D eigenvalue weighted by Gasteiger charge is 2.29. The van der Waals surface area contributed by atoms with Crippen LogP contribution in [0.3, 0.4) is 0 Å². The molecule has 18 heavy (non-hydrogen) atoms. The number of carbonyl (C=O) groups excluding carboxylic acids is 2. The predicted octanol–water partition coefficient (Wildman–Crippen LogP) is 3.03. The first-order valence-electron chi connectivity index (χ1n) is 6.14. The monoisotopic (exact) mass is 309 g/mol. The molecule has 2 rings (SSSR count). The van der Waals surface area contributed by atoms with E-state index < -0.39 is 0 Å². The largest absolute Gasteiger partial charge is 0.335 e. The van der Waals surface area contributed by atoms with Crippen LogP contribution in [0.5, 0.6) is 0 Å². The summed E-state index contributed by atoms with van der Waals surface area (Å²) < 4.78 is 0.959. The van der Waals surface area contributed by atoms with Crippen molar-refractivity contribution in [2.24, 2.45) is 0 Å². The van der Waals surface area contributed by atoms with Gasteiger partial charge in [0.15, 0.2) is 0 Å². The predicted molar refractivity (Wildman–Crippen MR) is 73.5 cm³/mol. The molecule has 3 nitrogen and oxygen atoms in total. The number of hydrogen-bond donors (Lipinski definition) is 0. The molecule has 0 spiro atoms. The third kappa shape index (κ3) is 2.99. The lowest BCUT2D eigenvalue weighted by Gasteiger charge is -2.24. The van der Waals surface area contributed by atoms with Crippen LogP contribution in [0, 0.1) is 0 Å². The van der Waals surface area contributed by atoms with E-state index in [0.717, 1.165) is 23.9 Å². The third-order valence-corrected chi connectivity index (χ3v) is 3.78. The highest BCUT2D eigenvalue weighted by atomic mass is 79.9. The summed E-state index contributed by atoms with van der Waals surface area (Å²) in [5.41, 5.74) is 0.689. The first-order valence-corrected chi connectivity index (χ1v) is 6.93. The molecule has 1 unspecified atom stereocenters. The minimum Gasteiger partial charge on any atom is -0.335 e. The molecule has 0 bridgehead atoms. The smallest absolute Gasteiger partial charge is 0.254 e. The van der Waals surface area contributed by atoms with E-state index in [0.29, 0.717) is 12.0 Å². The van der Waals surface area contributed by atoms with Gasteiger partial charge in [0.1, 0.15) is 5.78 Å². The van der Waals surface area contributed by atoms with Gasteiger partial charge in [-0.15, -0.1) is 0 Å². The summed E-state index contributed by atoms with van der Waals surface area (Å²) in [5, 5.41) is 0. The van der Waals surface area contributed by atoms with E-state index >= 15 is 0 Å². The fourth-order valence-corrected chi connectivity index (χ4v) is 2.67. The maximum absolute atomic E-state index is 12.3. The second-order valence-electron chi connectivity index (χ2n) is 4.71. The Bertz CT molecular complexity index is 455. The number of hydrogen-bond acceptors (Lipinski definition) is 2. The van der Waals surface area contributed by atoms with Gasteiger partial charge in [0, 0.05) is 29.0 Å². The normalized spacial score (nSPS) is 19.0. The zero-order valence-electron chi connectivity index (χ0n) is 10.4. The Morgan fingerprint density at radius 3 is 2.61 bits per heavy atom. The molecule has 1 aliphatic heterocycles. The van der Waals surface area contributed by atoms with Crippen molar-refractivity contribution < 1.29 is 9.59 Å². The zero-order valence-corrected chi connectivity index (χ0v) is 11.9. The number of halogens is 1. The summed E-state index contributed by atoms with van der Waals surface area (Å²) in [5.74, 6) is 0.182. The highest BCUT2D eigenvalue weighted by molar-refractivity contribution is 9.10. The number of ketones is 1. The van der Waals surface area contributed by atoms with Crippen LogP contribution in [0.4, 0.5) is 0 Å². The first kappa shape index (κ1) is 13.3. The van der Waals surface area contributed by atoms with Gasteiger partial charge in [-0.3, -0.25) is 9.59 Å². The molecule has 1 amide bonds. The lowest BCUT2D eigenvalue weighted by molar-refractivity contribution is -0.117. The summed E-state index contributed by atoms with van der Waals surface area (Å²) in [7, 11) is 0. The average molecular weight is 310 g/mol. The number of benzene rings is 1. The fraction of sp³-hybridized carbons (Fsp3) is 0.429. The summed E-state index contributed by atoms with van der Waals surface area (Å²) in [4.78, 5) is 25.4. The fourth-order valence-electron chi connectivity index (χ4n) is 2.41. The Balaban J connectivity index is 2.12. The molecule has 0 aliphatic carbocycles. The quantitative estimate of drug-likeness (QED) is 0.860. The molecule has 96 valence electrons. The van der Waals surface area contributed by atoms with E-state index in [9.17, 15) is 9.59 Å². The molecule has 1 aromatic carbocycles. The van der Waals surface area contributed by atoms with Crippen LogP contribution < -0.4 is 0 Å². The summed E-state index contributed by atoms with van der Waals surface area (Å²) in [6, 6.07) is 7.44. The van der Waals surface area contributed by atoms with Crippen LogP contribution in [-0.4, -0.2) is 29.2 Å². The van der Waals surface area contributed by atoms with Gasteiger partial charge in [0.2, 0.25) is 0 Å². The molecular formula is C14H16BrNO2. The number of carbonyl (C=O) groups is 2. The van der Waals surface area contributed by atoms with E-state index in [1.807, 2.05) is 29.2 Å². The van der Waals surface area contributed by atoms with E-state index in [1.54, 1.807) is 6.92 Å². The topological polar surface area (TPSA) is 37.4 Å². The van der Waals surface area contributed by atoms with E-state index in [4.69, 9.17) is 0 Å². The Morgan fingerprint density at radius 1 is 1.33 bits per heavy atom. The van der Waals surface area contributed by atoms with Crippen LogP contribution >= 0.6 is 15.9 Å². The number of nitrogens with zero attached hydrogens (tertiary/aromatic N) is 1. The Morgan fingerprint density at radius 2 is 2.00 bits per heavy atom. The molecule has 0 saturated carbocycles. The standard InChI is InChI=1S/C14H16BrNO2/c1-10(17)9-13-3-2-8-16(13)14(18)11-4-6-12(15)7-5-11/h4-7,13H,2-3,8-9H2,1H3. The molecular weight excluding hydrogens is 294 g/mol. The number of rotatable bonds is 3. The van der Waals surface area contributed by atoms with Crippen LogP contribution in [0.25, 0.3) is 0 Å². The van der Waals surface area contributed by atoms with Gasteiger partial charge in [-0.1, -0.05) is 15.9 Å². The molecule has 1 aliphatic rings. The molecule has 1 atom stereocenters. The van der Waals surface area contributed by atoms with Crippen LogP contribution in [0.1, 0.15) is 36.5 Å². The summed E-state index contributed by atoms with van der Waals surface area (Å²) >= 11 is 3.35. The van der Waals surface area contributed by atoms with Crippen molar-refractivity contribution in [1.29, 1.82) is 0 Å². The SMILES string of the molecule is CC(=O)CC1CCCN1C(=O)c1ccc(Br)cc1. The zero-order chi connectivity index (χ0) is 13.1. The van der Waals surface area contributed by atoms with Crippen LogP contribution in [-0.2, 0) is 4.79 Å². The minimum atomic E-state index is 0.0336. The molecule has 1 heterocycles. The molecule has 0 radical (unpaired) electrons. The van der Waals surface area contributed by atoms with Crippen molar-refractivity contribution in [1.82, 2.24) is 4.90 Å². The maximum atomic E-state index is 12.3. The van der Waals surface area contributed by atoms with Crippen LogP contribution in [0.15, 0.2) is 28.7 Å². The maximum Gasteiger partial charge on any atom is 0.254 e. The van der Waals surface area contributed by atoms with Gasteiger partial charge in [-0.25, -0.2) is 0 Å². The highest BCUT2D eigenvalue weighted by Crippen LogP contribution is 2.23. The lowest BCUT2D eigenvalue weighted by atomic mass is 10.1. The molecule has 0 N–H and O–H groups in total. The molecule has 1 aromatic rings. The van der Waals surface area contributed by atoms with Crippen molar-refractivity contribution >= 4 is 27.6 Å². The number of likely N-dealkylation sites (tertiary alicyclic amines) is 1. The Kier molecular flexibility index (Phi) is 4.17. The van der Waals surface area contributed by atoms with Crippen LogP contribution in [0.2, 0.25) is 0 Å². The van der Waals surface area contributed by atoms with Crippen molar-refractivity contribution in [3.05, 3.63) is 34.3 Å². The van der Waals surface area contributed by atoms with Gasteiger partial charge in [-0.05, 0) is 44.0 Å². The van der Waals surface area contributed by atoms with Crippen molar-refractivity contribution in [3.8, 4) is 0 Å². The van der Waals surface area contributed by atoms with E-state index in [2.05, 4.69) is 15.9 Å². The second kappa shape index (κ2) is 5.65. The van der Waals surface area contributed by atoms with Crippen molar-refractivity contribution in [2.75, 3.05) is 6.54 Å². The van der Waals surface area contributed by atoms with Gasteiger partial charge < -0.3 is 4.90 Å². The third-order valence-electron chi connectivity index (χ3n) is 3.25. The van der Waals surface area contributed by atoms with Gasteiger partial charge >= 0.3 is 0 Å². The van der Waals surface area contributed by atoms with E-state index in [-0.39, 0.29) is 17.7 Å². The Labute approximate surface area is 115 Å². The van der Waals surface area contributed by atoms with Crippen molar-refractivity contribution in [3.63, 3.8) is 0 Å². The average Bonchev–Trinajstić information content (AvgIpc) is 2.76. The number of amides is 1. The van der Waals surface area contributed by atoms with Crippen molar-refractivity contribution in [2.45, 2.75) is 32.2 Å². The molecule has 1 fully saturated rings. The first-order chi connectivity index (χ1) is 8.58. The summed E-state index contributed by atoms with van der Waals surface area (Å²) in [6.07, 6.45) is 2.39. The molecule has 1 saturated heterocycles. The van der Waals surface area contributed by atoms with E-state index in [1.165, 1.54) is 0 Å². The second-order valence-corrected chi connectivity index (χ2v) is 5.62. The van der Waals surface area contributed by atoms with Gasteiger partial charge in [0.25, 0.3) is 5.91 Å². The lowest BCUT2D eigenvalue weighted by Crippen LogP contribution is -2.36. The number of Topliss-reactive ketones (excluding diaryl/α,β-unsaturated/α-hetero) is 1. The minimum absolute atomic E-state index is 0.0336. The Hall–Kier alpha value is -1.16. The molecule has 4 heteroatoms. The van der Waals surface area contributed by atoms with Gasteiger partial charge in [0.05, 0.1) is 0 Å².